The zero-order valence-corrected chi connectivity index (χ0v) is 20.8. The Morgan fingerprint density at radius 1 is 1.22 bits per heavy atom. The average Bonchev–Trinajstić information content (AvgIpc) is 3.28. The molecule has 1 aromatic carbocycles. The summed E-state index contributed by atoms with van der Waals surface area (Å²) >= 11 is 0. The molecule has 4 rings (SSSR count). The molecule has 0 radical (unpaired) electrons. The number of amides is 3. The minimum absolute atomic E-state index is 0.0342. The van der Waals surface area contributed by atoms with Gasteiger partial charge in [-0.2, -0.15) is 4.98 Å². The molecule has 1 aliphatic carbocycles. The standard InChI is InChI=1S/C26H30N8O3/c1-4-22(35)33-13-5-6-18(15-33)17-7-9-19(10-8-17)30-26(37)34-24(27)31-25(32-34)29-20-11-12-21(16(2)14-20)23(36)28-3/h4,6-12,14,16,21H,1,5,13,15H2,2-3H3,(H,28,36)(H,30,37)(H3,27,29,31,32). The molecule has 2 atom stereocenters. The molecule has 3 amide bonds. The first kappa shape index (κ1) is 25.4. The highest BCUT2D eigenvalue weighted by atomic mass is 16.2. The molecule has 192 valence electrons. The zero-order valence-electron chi connectivity index (χ0n) is 20.8. The summed E-state index contributed by atoms with van der Waals surface area (Å²) in [6, 6.07) is 6.76. The van der Waals surface area contributed by atoms with Crippen LogP contribution in [-0.2, 0) is 9.59 Å². The highest BCUT2D eigenvalue weighted by molar-refractivity contribution is 5.92. The molecule has 0 spiro atoms. The molecule has 37 heavy (non-hydrogen) atoms. The number of hydrogen-bond donors (Lipinski definition) is 4. The maximum absolute atomic E-state index is 12.8. The lowest BCUT2D eigenvalue weighted by molar-refractivity contribution is -0.125. The molecule has 0 saturated carbocycles. The molecular formula is C26H30N8O3. The Morgan fingerprint density at radius 2 is 1.97 bits per heavy atom. The Balaban J connectivity index is 1.38. The second kappa shape index (κ2) is 10.9. The van der Waals surface area contributed by atoms with Crippen LogP contribution in [0.25, 0.3) is 5.57 Å². The van der Waals surface area contributed by atoms with E-state index in [0.717, 1.165) is 22.2 Å². The smallest absolute Gasteiger partial charge is 0.349 e. The lowest BCUT2D eigenvalue weighted by atomic mass is 9.88. The summed E-state index contributed by atoms with van der Waals surface area (Å²) in [6.45, 7) is 6.67. The van der Waals surface area contributed by atoms with Crippen LogP contribution in [0.5, 0.6) is 0 Å². The molecule has 5 N–H and O–H groups in total. The van der Waals surface area contributed by atoms with Gasteiger partial charge in [0.25, 0.3) is 0 Å². The number of carbonyl (C=O) groups is 3. The van der Waals surface area contributed by atoms with Crippen LogP contribution >= 0.6 is 0 Å². The fraction of sp³-hybridized carbons (Fsp3) is 0.269. The van der Waals surface area contributed by atoms with E-state index < -0.39 is 6.03 Å². The van der Waals surface area contributed by atoms with Crippen molar-refractivity contribution < 1.29 is 14.4 Å². The van der Waals surface area contributed by atoms with Crippen molar-refractivity contribution in [2.75, 3.05) is 36.5 Å². The predicted molar refractivity (Wildman–Crippen MR) is 142 cm³/mol. The number of anilines is 3. The normalized spacial score (nSPS) is 18.9. The summed E-state index contributed by atoms with van der Waals surface area (Å²) in [5, 5.41) is 12.6. The van der Waals surface area contributed by atoms with E-state index in [0.29, 0.717) is 24.5 Å². The van der Waals surface area contributed by atoms with Gasteiger partial charge in [0.05, 0.1) is 5.92 Å². The van der Waals surface area contributed by atoms with E-state index in [4.69, 9.17) is 5.73 Å². The predicted octanol–water partition coefficient (Wildman–Crippen LogP) is 2.61. The number of carbonyl (C=O) groups excluding carboxylic acids is 3. The number of hydrogen-bond acceptors (Lipinski definition) is 7. The van der Waals surface area contributed by atoms with Gasteiger partial charge in [0.15, 0.2) is 0 Å². The number of nitrogen functional groups attached to an aromatic ring is 1. The fourth-order valence-electron chi connectivity index (χ4n) is 4.27. The van der Waals surface area contributed by atoms with Gasteiger partial charge < -0.3 is 26.6 Å². The molecule has 0 saturated heterocycles. The van der Waals surface area contributed by atoms with Crippen LogP contribution in [0.4, 0.5) is 22.4 Å². The maximum Gasteiger partial charge on any atom is 0.349 e. The Kier molecular flexibility index (Phi) is 7.52. The quantitative estimate of drug-likeness (QED) is 0.444. The van der Waals surface area contributed by atoms with E-state index >= 15 is 0 Å². The van der Waals surface area contributed by atoms with E-state index in [9.17, 15) is 14.4 Å². The number of aromatic nitrogens is 3. The highest BCUT2D eigenvalue weighted by Gasteiger charge is 2.24. The molecule has 0 fully saturated rings. The highest BCUT2D eigenvalue weighted by Crippen LogP contribution is 2.25. The van der Waals surface area contributed by atoms with E-state index in [-0.39, 0.29) is 35.5 Å². The van der Waals surface area contributed by atoms with Gasteiger partial charge in [0, 0.05) is 31.5 Å². The summed E-state index contributed by atoms with van der Waals surface area (Å²) in [5.41, 5.74) is 9.19. The zero-order chi connectivity index (χ0) is 26.5. The lowest BCUT2D eigenvalue weighted by Crippen LogP contribution is -2.34. The molecule has 0 bridgehead atoms. The van der Waals surface area contributed by atoms with Crippen LogP contribution in [0.15, 0.2) is 66.9 Å². The van der Waals surface area contributed by atoms with Gasteiger partial charge >= 0.3 is 6.03 Å². The molecule has 11 nitrogen and oxygen atoms in total. The van der Waals surface area contributed by atoms with Gasteiger partial charge in [0.1, 0.15) is 0 Å². The Bertz CT molecular complexity index is 1310. The summed E-state index contributed by atoms with van der Waals surface area (Å²) < 4.78 is 0.975. The second-order valence-corrected chi connectivity index (χ2v) is 8.80. The summed E-state index contributed by atoms with van der Waals surface area (Å²) in [4.78, 5) is 42.5. The minimum Gasteiger partial charge on any atom is -0.368 e. The van der Waals surface area contributed by atoms with Crippen molar-refractivity contribution >= 4 is 41.0 Å². The van der Waals surface area contributed by atoms with Crippen LogP contribution in [0, 0.1) is 11.8 Å². The topological polar surface area (TPSA) is 147 Å². The van der Waals surface area contributed by atoms with E-state index in [2.05, 4.69) is 38.7 Å². The van der Waals surface area contributed by atoms with Gasteiger partial charge in [-0.1, -0.05) is 43.9 Å². The number of nitrogens with two attached hydrogens (primary N) is 1. The SMILES string of the molecule is C=CC(=O)N1CCC=C(c2ccc(NC(=O)n3nc(NC4=CC(C)C(C(=O)NC)C=C4)nc3N)cc2)C1. The van der Waals surface area contributed by atoms with E-state index in [1.54, 1.807) is 36.2 Å². The van der Waals surface area contributed by atoms with Gasteiger partial charge in [-0.15, -0.1) is 9.78 Å². The van der Waals surface area contributed by atoms with Crippen molar-refractivity contribution in [2.24, 2.45) is 11.8 Å². The van der Waals surface area contributed by atoms with Gasteiger partial charge in [-0.05, 0) is 47.8 Å². The van der Waals surface area contributed by atoms with Crippen LogP contribution in [-0.4, -0.2) is 57.6 Å². The Hall–Kier alpha value is -4.67. The van der Waals surface area contributed by atoms with Gasteiger partial charge in [-0.25, -0.2) is 4.79 Å². The summed E-state index contributed by atoms with van der Waals surface area (Å²) in [6.07, 6.45) is 9.68. The molecule has 1 aromatic heterocycles. The van der Waals surface area contributed by atoms with Crippen molar-refractivity contribution in [1.82, 2.24) is 25.0 Å². The second-order valence-electron chi connectivity index (χ2n) is 8.80. The van der Waals surface area contributed by atoms with E-state index in [1.165, 1.54) is 6.08 Å². The summed E-state index contributed by atoms with van der Waals surface area (Å²) in [7, 11) is 1.61. The monoisotopic (exact) mass is 502 g/mol. The Morgan fingerprint density at radius 3 is 2.65 bits per heavy atom. The third kappa shape index (κ3) is 5.77. The van der Waals surface area contributed by atoms with Crippen LogP contribution in [0.2, 0.25) is 0 Å². The summed E-state index contributed by atoms with van der Waals surface area (Å²) in [5.74, 6) is -0.359. The first-order chi connectivity index (χ1) is 17.8. The molecular weight excluding hydrogens is 472 g/mol. The molecule has 2 heterocycles. The molecule has 11 heteroatoms. The number of rotatable bonds is 6. The van der Waals surface area contributed by atoms with Crippen LogP contribution in [0.3, 0.4) is 0 Å². The van der Waals surface area contributed by atoms with Crippen LogP contribution < -0.4 is 21.7 Å². The number of allylic oxidation sites excluding steroid dienone is 2. The van der Waals surface area contributed by atoms with Gasteiger partial charge in [-0.3, -0.25) is 9.59 Å². The molecule has 1 aliphatic heterocycles. The minimum atomic E-state index is -0.563. The number of nitrogens with zero attached hydrogens (tertiary/aromatic N) is 4. The number of benzene rings is 1. The molecule has 2 aliphatic rings. The van der Waals surface area contributed by atoms with Gasteiger partial charge in [0.2, 0.25) is 23.7 Å². The Labute approximate surface area is 214 Å². The van der Waals surface area contributed by atoms with Crippen molar-refractivity contribution in [3.8, 4) is 0 Å². The van der Waals surface area contributed by atoms with Crippen molar-refractivity contribution in [1.29, 1.82) is 0 Å². The molecule has 2 unspecified atom stereocenters. The van der Waals surface area contributed by atoms with Crippen molar-refractivity contribution in [2.45, 2.75) is 13.3 Å². The van der Waals surface area contributed by atoms with E-state index in [1.807, 2.05) is 25.1 Å². The van der Waals surface area contributed by atoms with Crippen molar-refractivity contribution in [3.63, 3.8) is 0 Å². The average molecular weight is 503 g/mol. The third-order valence-corrected chi connectivity index (χ3v) is 6.27. The van der Waals surface area contributed by atoms with Crippen molar-refractivity contribution in [3.05, 3.63) is 72.5 Å². The first-order valence-electron chi connectivity index (χ1n) is 11.9. The maximum atomic E-state index is 12.8. The van der Waals surface area contributed by atoms with Crippen LogP contribution in [0.1, 0.15) is 18.9 Å². The molecule has 2 aromatic rings. The fourth-order valence-corrected chi connectivity index (χ4v) is 4.27. The number of nitrogens with one attached hydrogen (secondary N) is 3. The lowest BCUT2D eigenvalue weighted by Gasteiger charge is -2.26. The largest absolute Gasteiger partial charge is 0.368 e. The first-order valence-corrected chi connectivity index (χ1v) is 11.9. The third-order valence-electron chi connectivity index (χ3n) is 6.27.